The summed E-state index contributed by atoms with van der Waals surface area (Å²) in [6.45, 7) is 5.64. The zero-order valence-electron chi connectivity index (χ0n) is 12.0. The molecule has 20 heavy (non-hydrogen) atoms. The third-order valence-electron chi connectivity index (χ3n) is 2.97. The SMILES string of the molecule is CCOC(=O)C1=CCC(C(=O)OCC)C1C(=O)OCC. The molecule has 0 amide bonds. The Morgan fingerprint density at radius 1 is 1.00 bits per heavy atom. The molecule has 0 saturated carbocycles. The van der Waals surface area contributed by atoms with Gasteiger partial charge in [0.1, 0.15) is 5.92 Å². The maximum atomic E-state index is 12.0. The van der Waals surface area contributed by atoms with E-state index in [2.05, 4.69) is 0 Å². The second kappa shape index (κ2) is 7.67. The average Bonchev–Trinajstić information content (AvgIpc) is 2.84. The first kappa shape index (κ1) is 16.2. The van der Waals surface area contributed by atoms with Gasteiger partial charge in [0.25, 0.3) is 0 Å². The van der Waals surface area contributed by atoms with Crippen LogP contribution in [0, 0.1) is 11.8 Å². The topological polar surface area (TPSA) is 78.9 Å². The molecule has 112 valence electrons. The van der Waals surface area contributed by atoms with Gasteiger partial charge in [-0.25, -0.2) is 4.79 Å². The number of carbonyl (C=O) groups is 3. The normalized spacial score (nSPS) is 21.1. The molecule has 0 aromatic carbocycles. The molecule has 0 saturated heterocycles. The van der Waals surface area contributed by atoms with Crippen LogP contribution in [0.1, 0.15) is 27.2 Å². The highest BCUT2D eigenvalue weighted by molar-refractivity contribution is 5.99. The van der Waals surface area contributed by atoms with Crippen LogP contribution in [0.4, 0.5) is 0 Å². The standard InChI is InChI=1S/C14H20O6/c1-4-18-12(15)9-7-8-10(13(16)19-5-2)11(9)14(17)20-6-3/h7,10-11H,4-6,8H2,1-3H3. The zero-order valence-corrected chi connectivity index (χ0v) is 12.0. The first-order valence-electron chi connectivity index (χ1n) is 6.77. The lowest BCUT2D eigenvalue weighted by Gasteiger charge is -2.19. The molecule has 0 aromatic heterocycles. The number of allylic oxidation sites excluding steroid dienone is 1. The summed E-state index contributed by atoms with van der Waals surface area (Å²) in [7, 11) is 0. The van der Waals surface area contributed by atoms with E-state index < -0.39 is 29.7 Å². The van der Waals surface area contributed by atoms with E-state index in [9.17, 15) is 14.4 Å². The summed E-state index contributed by atoms with van der Waals surface area (Å²) in [6, 6.07) is 0. The Hall–Kier alpha value is -1.85. The van der Waals surface area contributed by atoms with Gasteiger partial charge in [-0.3, -0.25) is 9.59 Å². The highest BCUT2D eigenvalue weighted by atomic mass is 16.5. The van der Waals surface area contributed by atoms with Crippen LogP contribution in [-0.4, -0.2) is 37.7 Å². The third kappa shape index (κ3) is 3.59. The van der Waals surface area contributed by atoms with E-state index in [4.69, 9.17) is 14.2 Å². The van der Waals surface area contributed by atoms with Crippen LogP contribution in [0.15, 0.2) is 11.6 Å². The van der Waals surface area contributed by atoms with Crippen molar-refractivity contribution in [2.24, 2.45) is 11.8 Å². The van der Waals surface area contributed by atoms with E-state index >= 15 is 0 Å². The molecule has 6 heteroatoms. The van der Waals surface area contributed by atoms with Crippen LogP contribution in [0.25, 0.3) is 0 Å². The Balaban J connectivity index is 2.93. The lowest BCUT2D eigenvalue weighted by Crippen LogP contribution is -2.33. The predicted octanol–water partition coefficient (Wildman–Crippen LogP) is 1.24. The van der Waals surface area contributed by atoms with Crippen molar-refractivity contribution in [2.75, 3.05) is 19.8 Å². The van der Waals surface area contributed by atoms with Crippen LogP contribution in [-0.2, 0) is 28.6 Å². The van der Waals surface area contributed by atoms with Crippen molar-refractivity contribution in [3.63, 3.8) is 0 Å². The molecule has 1 rings (SSSR count). The second-order valence-corrected chi connectivity index (χ2v) is 4.20. The Morgan fingerprint density at radius 3 is 2.10 bits per heavy atom. The summed E-state index contributed by atoms with van der Waals surface area (Å²) in [5.74, 6) is -3.33. The Labute approximate surface area is 118 Å². The lowest BCUT2D eigenvalue weighted by atomic mass is 9.91. The highest BCUT2D eigenvalue weighted by Crippen LogP contribution is 2.34. The van der Waals surface area contributed by atoms with Gasteiger partial charge in [-0.15, -0.1) is 0 Å². The third-order valence-corrected chi connectivity index (χ3v) is 2.97. The van der Waals surface area contributed by atoms with Crippen LogP contribution in [0.3, 0.4) is 0 Å². The smallest absolute Gasteiger partial charge is 0.334 e. The van der Waals surface area contributed by atoms with Gasteiger partial charge in [0.15, 0.2) is 0 Å². The molecule has 1 aliphatic carbocycles. The molecule has 0 aromatic rings. The van der Waals surface area contributed by atoms with Gasteiger partial charge in [-0.1, -0.05) is 6.08 Å². The highest BCUT2D eigenvalue weighted by Gasteiger charge is 2.44. The molecule has 1 aliphatic rings. The van der Waals surface area contributed by atoms with E-state index in [-0.39, 0.29) is 31.8 Å². The minimum absolute atomic E-state index is 0.182. The Bertz CT molecular complexity index is 412. The second-order valence-electron chi connectivity index (χ2n) is 4.20. The molecule has 0 bridgehead atoms. The fraction of sp³-hybridized carbons (Fsp3) is 0.643. The molecule has 2 atom stereocenters. The average molecular weight is 284 g/mol. The van der Waals surface area contributed by atoms with E-state index in [1.54, 1.807) is 26.8 Å². The van der Waals surface area contributed by atoms with E-state index in [0.717, 1.165) is 0 Å². The minimum Gasteiger partial charge on any atom is -0.466 e. The summed E-state index contributed by atoms with van der Waals surface area (Å²) < 4.78 is 14.8. The molecule has 6 nitrogen and oxygen atoms in total. The molecule has 0 N–H and O–H groups in total. The molecule has 0 heterocycles. The molecule has 2 unspecified atom stereocenters. The van der Waals surface area contributed by atoms with Gasteiger partial charge in [-0.2, -0.15) is 0 Å². The maximum absolute atomic E-state index is 12.0. The number of hydrogen-bond acceptors (Lipinski definition) is 6. The summed E-state index contributed by atoms with van der Waals surface area (Å²) in [5, 5.41) is 0. The van der Waals surface area contributed by atoms with Gasteiger partial charge in [0.05, 0.1) is 25.7 Å². The van der Waals surface area contributed by atoms with Crippen LogP contribution in [0.5, 0.6) is 0 Å². The van der Waals surface area contributed by atoms with Gasteiger partial charge >= 0.3 is 17.9 Å². The van der Waals surface area contributed by atoms with Gasteiger partial charge in [0, 0.05) is 5.57 Å². The fourth-order valence-corrected chi connectivity index (χ4v) is 2.16. The zero-order chi connectivity index (χ0) is 15.1. The summed E-state index contributed by atoms with van der Waals surface area (Å²) >= 11 is 0. The molecular weight excluding hydrogens is 264 g/mol. The lowest BCUT2D eigenvalue weighted by molar-refractivity contribution is -0.159. The van der Waals surface area contributed by atoms with Gasteiger partial charge in [-0.05, 0) is 27.2 Å². The Morgan fingerprint density at radius 2 is 1.55 bits per heavy atom. The first-order valence-corrected chi connectivity index (χ1v) is 6.77. The summed E-state index contributed by atoms with van der Waals surface area (Å²) in [6.07, 6.45) is 1.83. The number of hydrogen-bond donors (Lipinski definition) is 0. The monoisotopic (exact) mass is 284 g/mol. The van der Waals surface area contributed by atoms with Crippen molar-refractivity contribution in [3.05, 3.63) is 11.6 Å². The molecule has 0 radical (unpaired) electrons. The van der Waals surface area contributed by atoms with Gasteiger partial charge in [0.2, 0.25) is 0 Å². The van der Waals surface area contributed by atoms with Crippen molar-refractivity contribution in [3.8, 4) is 0 Å². The summed E-state index contributed by atoms with van der Waals surface area (Å²) in [4.78, 5) is 35.7. The van der Waals surface area contributed by atoms with E-state index in [1.165, 1.54) is 0 Å². The van der Waals surface area contributed by atoms with Crippen molar-refractivity contribution in [2.45, 2.75) is 27.2 Å². The van der Waals surface area contributed by atoms with Crippen LogP contribution >= 0.6 is 0 Å². The number of ether oxygens (including phenoxy) is 3. The van der Waals surface area contributed by atoms with Gasteiger partial charge < -0.3 is 14.2 Å². The largest absolute Gasteiger partial charge is 0.466 e. The quantitative estimate of drug-likeness (QED) is 0.539. The van der Waals surface area contributed by atoms with Crippen molar-refractivity contribution in [1.82, 2.24) is 0 Å². The van der Waals surface area contributed by atoms with Crippen molar-refractivity contribution in [1.29, 1.82) is 0 Å². The number of carbonyl (C=O) groups excluding carboxylic acids is 3. The fourth-order valence-electron chi connectivity index (χ4n) is 2.16. The molecule has 0 aliphatic heterocycles. The van der Waals surface area contributed by atoms with E-state index in [0.29, 0.717) is 0 Å². The molecular formula is C14H20O6. The minimum atomic E-state index is -0.937. The first-order chi connectivity index (χ1) is 9.56. The van der Waals surface area contributed by atoms with Crippen LogP contribution < -0.4 is 0 Å². The maximum Gasteiger partial charge on any atom is 0.334 e. The van der Waals surface area contributed by atoms with Crippen molar-refractivity contribution < 1.29 is 28.6 Å². The van der Waals surface area contributed by atoms with Crippen molar-refractivity contribution >= 4 is 17.9 Å². The number of esters is 3. The Kier molecular flexibility index (Phi) is 6.21. The van der Waals surface area contributed by atoms with Crippen LogP contribution in [0.2, 0.25) is 0 Å². The number of rotatable bonds is 6. The summed E-state index contributed by atoms with van der Waals surface area (Å²) in [5.41, 5.74) is 0.184. The molecule has 0 spiro atoms. The predicted molar refractivity (Wildman–Crippen MR) is 69.6 cm³/mol. The van der Waals surface area contributed by atoms with E-state index in [1.807, 2.05) is 0 Å². The molecule has 0 fully saturated rings.